The molecule has 208 valence electrons. The van der Waals surface area contributed by atoms with Gasteiger partial charge in [0.05, 0.1) is 36.2 Å². The van der Waals surface area contributed by atoms with E-state index in [9.17, 15) is 13.6 Å². The van der Waals surface area contributed by atoms with E-state index >= 15 is 0 Å². The van der Waals surface area contributed by atoms with E-state index in [-0.39, 0.29) is 19.1 Å². The maximum absolute atomic E-state index is 13.6. The molecule has 1 aliphatic carbocycles. The second-order valence-corrected chi connectivity index (χ2v) is 10.5. The Kier molecular flexibility index (Phi) is 6.70. The lowest BCUT2D eigenvalue weighted by molar-refractivity contribution is 0.0796. The van der Waals surface area contributed by atoms with Gasteiger partial charge in [0.25, 0.3) is 11.8 Å². The van der Waals surface area contributed by atoms with Crippen LogP contribution in [0.5, 0.6) is 0 Å². The first-order valence-corrected chi connectivity index (χ1v) is 13.1. The zero-order valence-electron chi connectivity index (χ0n) is 21.8. The van der Waals surface area contributed by atoms with Crippen molar-refractivity contribution in [1.29, 1.82) is 0 Å². The minimum absolute atomic E-state index is 0.154. The highest BCUT2D eigenvalue weighted by atomic mass is 35.5. The molecule has 1 saturated carbocycles. The molecule has 4 aromatic rings. The number of halogens is 3. The summed E-state index contributed by atoms with van der Waals surface area (Å²) in [7, 11) is 1.54. The third-order valence-corrected chi connectivity index (χ3v) is 7.71. The van der Waals surface area contributed by atoms with Gasteiger partial charge in [-0.2, -0.15) is 5.10 Å². The van der Waals surface area contributed by atoms with Crippen LogP contribution >= 0.6 is 11.6 Å². The Morgan fingerprint density at radius 3 is 2.70 bits per heavy atom. The summed E-state index contributed by atoms with van der Waals surface area (Å²) in [5.74, 6) is -3.28. The van der Waals surface area contributed by atoms with Crippen LogP contribution in [0.15, 0.2) is 42.9 Å². The summed E-state index contributed by atoms with van der Waals surface area (Å²) >= 11 is 6.19. The number of hydrogen-bond donors (Lipinski definition) is 1. The van der Waals surface area contributed by atoms with Crippen LogP contribution in [0.1, 0.15) is 32.9 Å². The van der Waals surface area contributed by atoms with Crippen molar-refractivity contribution in [3.05, 3.63) is 76.0 Å². The highest BCUT2D eigenvalue weighted by Gasteiger charge is 2.71. The second kappa shape index (κ2) is 10.2. The first-order valence-electron chi connectivity index (χ1n) is 12.7. The third-order valence-electron chi connectivity index (χ3n) is 7.48. The molecule has 11 nitrogen and oxygen atoms in total. The second-order valence-electron chi connectivity index (χ2n) is 10.0. The van der Waals surface area contributed by atoms with Crippen LogP contribution < -0.4 is 10.2 Å². The van der Waals surface area contributed by atoms with Crippen LogP contribution in [0.4, 0.5) is 14.6 Å². The normalized spacial score (nSPS) is 19.1. The van der Waals surface area contributed by atoms with Crippen LogP contribution in [0.2, 0.25) is 5.02 Å². The Morgan fingerprint density at radius 1 is 1.20 bits per heavy atom. The van der Waals surface area contributed by atoms with Crippen LogP contribution in [0.25, 0.3) is 5.69 Å². The number of carbonyl (C=O) groups excluding carboxylic acids is 1. The number of piperidine rings is 1. The van der Waals surface area contributed by atoms with E-state index in [1.165, 1.54) is 18.1 Å². The summed E-state index contributed by atoms with van der Waals surface area (Å²) in [5.41, 5.74) is 3.97. The van der Waals surface area contributed by atoms with Gasteiger partial charge in [-0.25, -0.2) is 18.4 Å². The quantitative estimate of drug-likeness (QED) is 0.327. The fourth-order valence-electron chi connectivity index (χ4n) is 5.23. The van der Waals surface area contributed by atoms with Crippen molar-refractivity contribution in [3.63, 3.8) is 0 Å². The Hall–Kier alpha value is -3.97. The zero-order chi connectivity index (χ0) is 28.0. The Balaban J connectivity index is 1.16. The number of nitrogens with one attached hydrogen (secondary N) is 1. The number of pyridine rings is 1. The van der Waals surface area contributed by atoms with E-state index in [1.54, 1.807) is 29.1 Å². The number of anilines is 1. The van der Waals surface area contributed by atoms with Crippen molar-refractivity contribution in [2.45, 2.75) is 32.5 Å². The zero-order valence-corrected chi connectivity index (χ0v) is 22.5. The van der Waals surface area contributed by atoms with Gasteiger partial charge in [-0.05, 0) is 52.7 Å². The summed E-state index contributed by atoms with van der Waals surface area (Å²) in [6.07, 6.45) is 3.14. The number of alkyl halides is 2. The Labute approximate surface area is 233 Å². The minimum atomic E-state index is -2.53. The molecular formula is C26H26ClF2N9O2. The van der Waals surface area contributed by atoms with E-state index in [0.717, 1.165) is 16.8 Å². The van der Waals surface area contributed by atoms with Crippen molar-refractivity contribution in [1.82, 2.24) is 40.3 Å². The SMILES string of the molecule is COCc1nn(Cc2ccc(N3CC4C(C3)C4(F)F)nc2C)cc1C(=O)NCc1cc(Cl)ccc1-n1cnnn1. The van der Waals surface area contributed by atoms with Gasteiger partial charge in [0.1, 0.15) is 17.8 Å². The highest BCUT2D eigenvalue weighted by molar-refractivity contribution is 6.30. The standard InChI is InChI=1S/C26H26ClF2N9O2/c1-15-16(3-6-24(32-15)36-11-20-21(12-36)26(20,28)29)9-37-10-19(22(33-37)13-40-2)25(39)30-8-17-7-18(27)4-5-23(17)38-14-31-34-35-38/h3-7,10,14,20-21H,8-9,11-13H2,1-2H3,(H,30,39). The van der Waals surface area contributed by atoms with Gasteiger partial charge in [0.15, 0.2) is 0 Å². The monoisotopic (exact) mass is 569 g/mol. The number of nitrogens with zero attached hydrogens (tertiary/aromatic N) is 8. The van der Waals surface area contributed by atoms with Crippen molar-refractivity contribution in [2.75, 3.05) is 25.1 Å². The van der Waals surface area contributed by atoms with Crippen molar-refractivity contribution in [3.8, 4) is 5.69 Å². The van der Waals surface area contributed by atoms with Gasteiger partial charge >= 0.3 is 0 Å². The molecule has 0 spiro atoms. The van der Waals surface area contributed by atoms with Crippen LogP contribution in [0, 0.1) is 18.8 Å². The number of carbonyl (C=O) groups is 1. The molecule has 40 heavy (non-hydrogen) atoms. The molecular weight excluding hydrogens is 544 g/mol. The van der Waals surface area contributed by atoms with E-state index in [2.05, 4.69) is 30.9 Å². The fourth-order valence-corrected chi connectivity index (χ4v) is 5.42. The molecule has 1 aliphatic heterocycles. The number of ether oxygens (including phenoxy) is 1. The molecule has 6 rings (SSSR count). The maximum Gasteiger partial charge on any atom is 0.258 e. The van der Waals surface area contributed by atoms with Crippen LogP contribution in [-0.2, 0) is 24.4 Å². The molecule has 0 radical (unpaired) electrons. The molecule has 3 aromatic heterocycles. The predicted octanol–water partition coefficient (Wildman–Crippen LogP) is 3.04. The summed E-state index contributed by atoms with van der Waals surface area (Å²) < 4.78 is 35.6. The molecule has 2 aliphatic rings. The molecule has 14 heteroatoms. The lowest BCUT2D eigenvalue weighted by Gasteiger charge is -2.21. The Bertz CT molecular complexity index is 1550. The van der Waals surface area contributed by atoms with Gasteiger partial charge in [0.2, 0.25) is 0 Å². The van der Waals surface area contributed by atoms with Gasteiger partial charge < -0.3 is 15.0 Å². The number of fused-ring (bicyclic) bond motifs is 1. The average Bonchev–Trinajstić information content (AvgIpc) is 3.53. The molecule has 1 saturated heterocycles. The number of amides is 1. The topological polar surface area (TPSA) is 116 Å². The van der Waals surface area contributed by atoms with E-state index < -0.39 is 17.8 Å². The number of benzene rings is 1. The van der Waals surface area contributed by atoms with Crippen molar-refractivity contribution < 1.29 is 18.3 Å². The first kappa shape index (κ1) is 26.3. The minimum Gasteiger partial charge on any atom is -0.378 e. The maximum atomic E-state index is 13.6. The molecule has 2 fully saturated rings. The Morgan fingerprint density at radius 2 is 2.00 bits per heavy atom. The number of aromatic nitrogens is 7. The number of methoxy groups -OCH3 is 1. The molecule has 1 aromatic carbocycles. The van der Waals surface area contributed by atoms with Gasteiger partial charge in [-0.15, -0.1) is 5.10 Å². The van der Waals surface area contributed by atoms with E-state index in [0.29, 0.717) is 47.4 Å². The molecule has 1 N–H and O–H groups in total. The molecule has 0 bridgehead atoms. The van der Waals surface area contributed by atoms with E-state index in [1.807, 2.05) is 24.0 Å². The number of aryl methyl sites for hydroxylation is 1. The summed E-state index contributed by atoms with van der Waals surface area (Å²) in [6.45, 7) is 3.25. The molecule has 2 atom stereocenters. The van der Waals surface area contributed by atoms with Crippen molar-refractivity contribution >= 4 is 23.3 Å². The van der Waals surface area contributed by atoms with Gasteiger partial charge in [-0.3, -0.25) is 9.48 Å². The highest BCUT2D eigenvalue weighted by Crippen LogP contribution is 2.59. The lowest BCUT2D eigenvalue weighted by Crippen LogP contribution is -2.28. The largest absolute Gasteiger partial charge is 0.378 e. The number of rotatable bonds is 9. The molecule has 1 amide bonds. The van der Waals surface area contributed by atoms with E-state index in [4.69, 9.17) is 16.3 Å². The summed E-state index contributed by atoms with van der Waals surface area (Å²) in [4.78, 5) is 19.8. The summed E-state index contributed by atoms with van der Waals surface area (Å²) in [6, 6.07) is 9.02. The lowest BCUT2D eigenvalue weighted by atomic mass is 10.1. The van der Waals surface area contributed by atoms with Crippen LogP contribution in [0.3, 0.4) is 0 Å². The van der Waals surface area contributed by atoms with Gasteiger partial charge in [0, 0.05) is 43.7 Å². The number of hydrogen-bond acceptors (Lipinski definition) is 8. The summed E-state index contributed by atoms with van der Waals surface area (Å²) in [5, 5.41) is 19.3. The fraction of sp³-hybridized carbons (Fsp3) is 0.385. The first-order chi connectivity index (χ1) is 19.2. The number of tetrazole rings is 1. The van der Waals surface area contributed by atoms with Crippen molar-refractivity contribution in [2.24, 2.45) is 11.8 Å². The van der Waals surface area contributed by atoms with Crippen LogP contribution in [-0.4, -0.2) is 67.0 Å². The third kappa shape index (κ3) is 4.90. The molecule has 2 unspecified atom stereocenters. The smallest absolute Gasteiger partial charge is 0.258 e. The average molecular weight is 570 g/mol. The predicted molar refractivity (Wildman–Crippen MR) is 140 cm³/mol. The van der Waals surface area contributed by atoms with Gasteiger partial charge in [-0.1, -0.05) is 17.7 Å². The molecule has 4 heterocycles.